The second-order valence-corrected chi connectivity index (χ2v) is 8.82. The van der Waals surface area contributed by atoms with Crippen LogP contribution in [0.2, 0.25) is 0 Å². The molecule has 1 aromatic carbocycles. The number of hydrogen-bond acceptors (Lipinski definition) is 5. The molecule has 142 valence electrons. The maximum absolute atomic E-state index is 12.7. The fourth-order valence-electron chi connectivity index (χ4n) is 2.28. The zero-order valence-corrected chi connectivity index (χ0v) is 16.3. The van der Waals surface area contributed by atoms with E-state index in [0.29, 0.717) is 32.0 Å². The summed E-state index contributed by atoms with van der Waals surface area (Å²) in [5, 5.41) is 2.69. The maximum atomic E-state index is 12.7. The fourth-order valence-corrected chi connectivity index (χ4v) is 3.74. The molecule has 25 heavy (non-hydrogen) atoms. The Morgan fingerprint density at radius 1 is 1.28 bits per heavy atom. The lowest BCUT2D eigenvalue weighted by molar-refractivity contribution is -0.119. The van der Waals surface area contributed by atoms with E-state index < -0.39 is 16.1 Å². The summed E-state index contributed by atoms with van der Waals surface area (Å²) in [7, 11) is -3.60. The topological polar surface area (TPSA) is 102 Å². The summed E-state index contributed by atoms with van der Waals surface area (Å²) < 4.78 is 31.9. The summed E-state index contributed by atoms with van der Waals surface area (Å²) >= 11 is 0. The van der Waals surface area contributed by atoms with Gasteiger partial charge in [0, 0.05) is 18.8 Å². The number of amides is 1. The average molecular weight is 392 g/mol. The molecule has 1 aliphatic heterocycles. The standard InChI is InChI=1S/C16H25N3O4S.ClH/c1-16(2,3)14(17)15(20)18-12-5-4-6-13(11-12)24(21,22)19-7-9-23-10-8-19;/h4-6,11,14H,7-10,17H2,1-3H3,(H,18,20);1H/t14-;/m1./s1. The molecule has 0 bridgehead atoms. The third-order valence-corrected chi connectivity index (χ3v) is 5.82. The largest absolute Gasteiger partial charge is 0.379 e. The van der Waals surface area contributed by atoms with E-state index in [2.05, 4.69) is 5.32 Å². The van der Waals surface area contributed by atoms with E-state index >= 15 is 0 Å². The molecule has 0 unspecified atom stereocenters. The molecule has 1 heterocycles. The van der Waals surface area contributed by atoms with E-state index in [0.717, 1.165) is 0 Å². The number of sulfonamides is 1. The fraction of sp³-hybridized carbons (Fsp3) is 0.562. The number of ether oxygens (including phenoxy) is 1. The molecule has 0 spiro atoms. The Morgan fingerprint density at radius 2 is 1.88 bits per heavy atom. The number of rotatable bonds is 4. The SMILES string of the molecule is CC(C)(C)[C@H](N)C(=O)Nc1cccc(S(=O)(=O)N2CCOCC2)c1.Cl. The predicted octanol–water partition coefficient (Wildman–Crippen LogP) is 1.44. The lowest BCUT2D eigenvalue weighted by atomic mass is 9.87. The van der Waals surface area contributed by atoms with E-state index in [4.69, 9.17) is 10.5 Å². The van der Waals surface area contributed by atoms with E-state index in [9.17, 15) is 13.2 Å². The minimum absolute atomic E-state index is 0. The number of anilines is 1. The third kappa shape index (κ3) is 5.39. The number of nitrogens with zero attached hydrogens (tertiary/aromatic N) is 1. The molecule has 9 heteroatoms. The molecule has 0 saturated carbocycles. The Hall–Kier alpha value is -1.19. The van der Waals surface area contributed by atoms with E-state index in [1.165, 1.54) is 16.4 Å². The molecular formula is C16H26ClN3O4S. The number of carbonyl (C=O) groups excluding carboxylic acids is 1. The molecule has 0 radical (unpaired) electrons. The van der Waals surface area contributed by atoms with Crippen LogP contribution in [-0.2, 0) is 19.6 Å². The van der Waals surface area contributed by atoms with Crippen LogP contribution < -0.4 is 11.1 Å². The van der Waals surface area contributed by atoms with Gasteiger partial charge in [-0.1, -0.05) is 26.8 Å². The molecule has 1 atom stereocenters. The lowest BCUT2D eigenvalue weighted by Crippen LogP contribution is -2.45. The molecule has 0 aliphatic carbocycles. The van der Waals surface area contributed by atoms with Crippen LogP contribution >= 0.6 is 12.4 Å². The van der Waals surface area contributed by atoms with Crippen LogP contribution in [0.25, 0.3) is 0 Å². The second-order valence-electron chi connectivity index (χ2n) is 6.88. The van der Waals surface area contributed by atoms with Crippen LogP contribution in [0, 0.1) is 5.41 Å². The van der Waals surface area contributed by atoms with Crippen molar-refractivity contribution >= 4 is 34.0 Å². The Morgan fingerprint density at radius 3 is 2.44 bits per heavy atom. The zero-order chi connectivity index (χ0) is 18.0. The van der Waals surface area contributed by atoms with Gasteiger partial charge in [-0.2, -0.15) is 4.31 Å². The quantitative estimate of drug-likeness (QED) is 0.808. The third-order valence-electron chi connectivity index (χ3n) is 3.92. The summed E-state index contributed by atoms with van der Waals surface area (Å²) in [6.45, 7) is 7.04. The molecule has 1 aromatic rings. The highest BCUT2D eigenvalue weighted by molar-refractivity contribution is 7.89. The van der Waals surface area contributed by atoms with Crippen molar-refractivity contribution in [3.63, 3.8) is 0 Å². The first-order chi connectivity index (χ1) is 11.1. The Labute approximate surface area is 155 Å². The summed E-state index contributed by atoms with van der Waals surface area (Å²) in [5.41, 5.74) is 5.95. The van der Waals surface area contributed by atoms with Gasteiger partial charge in [0.2, 0.25) is 15.9 Å². The van der Waals surface area contributed by atoms with Crippen LogP contribution in [0.4, 0.5) is 5.69 Å². The molecule has 0 aromatic heterocycles. The number of nitrogens with one attached hydrogen (secondary N) is 1. The van der Waals surface area contributed by atoms with Crippen LogP contribution in [0.1, 0.15) is 20.8 Å². The highest BCUT2D eigenvalue weighted by Crippen LogP contribution is 2.22. The normalized spacial score (nSPS) is 17.4. The van der Waals surface area contributed by atoms with Gasteiger partial charge in [0.05, 0.1) is 24.2 Å². The number of nitrogens with two attached hydrogens (primary N) is 1. The highest BCUT2D eigenvalue weighted by Gasteiger charge is 2.29. The number of morpholine rings is 1. The molecular weight excluding hydrogens is 366 g/mol. The lowest BCUT2D eigenvalue weighted by Gasteiger charge is -2.27. The first kappa shape index (κ1) is 21.9. The number of hydrogen-bond donors (Lipinski definition) is 2. The van der Waals surface area contributed by atoms with Crippen LogP contribution in [0.15, 0.2) is 29.2 Å². The van der Waals surface area contributed by atoms with E-state index in [1.54, 1.807) is 12.1 Å². The van der Waals surface area contributed by atoms with Gasteiger partial charge in [-0.05, 0) is 23.6 Å². The Balaban J connectivity index is 0.00000312. The van der Waals surface area contributed by atoms with Crippen molar-refractivity contribution in [3.05, 3.63) is 24.3 Å². The molecule has 1 saturated heterocycles. The van der Waals surface area contributed by atoms with Gasteiger partial charge in [-0.3, -0.25) is 4.79 Å². The summed E-state index contributed by atoms with van der Waals surface area (Å²) in [6, 6.07) is 5.52. The predicted molar refractivity (Wildman–Crippen MR) is 99.3 cm³/mol. The van der Waals surface area contributed by atoms with Crippen LogP contribution in [-0.4, -0.2) is 51.0 Å². The van der Waals surface area contributed by atoms with Crippen molar-refractivity contribution in [2.45, 2.75) is 31.7 Å². The highest BCUT2D eigenvalue weighted by atomic mass is 35.5. The van der Waals surface area contributed by atoms with Gasteiger partial charge in [-0.15, -0.1) is 12.4 Å². The molecule has 1 amide bonds. The number of carbonyl (C=O) groups is 1. The van der Waals surface area contributed by atoms with Gasteiger partial charge in [0.25, 0.3) is 0 Å². The maximum Gasteiger partial charge on any atom is 0.243 e. The van der Waals surface area contributed by atoms with E-state index in [1.807, 2.05) is 20.8 Å². The smallest absolute Gasteiger partial charge is 0.243 e. The monoisotopic (exact) mass is 391 g/mol. The average Bonchev–Trinajstić information content (AvgIpc) is 2.54. The van der Waals surface area contributed by atoms with Crippen molar-refractivity contribution in [2.24, 2.45) is 11.1 Å². The minimum atomic E-state index is -3.60. The summed E-state index contributed by atoms with van der Waals surface area (Å²) in [4.78, 5) is 12.4. The van der Waals surface area contributed by atoms with Gasteiger partial charge in [0.1, 0.15) is 0 Å². The van der Waals surface area contributed by atoms with Gasteiger partial charge >= 0.3 is 0 Å². The molecule has 1 fully saturated rings. The van der Waals surface area contributed by atoms with Gasteiger partial charge < -0.3 is 15.8 Å². The molecule has 2 rings (SSSR count). The first-order valence-electron chi connectivity index (χ1n) is 7.87. The van der Waals surface area contributed by atoms with Crippen molar-refractivity contribution in [1.29, 1.82) is 0 Å². The Bertz CT molecular complexity index is 698. The minimum Gasteiger partial charge on any atom is -0.379 e. The number of benzene rings is 1. The van der Waals surface area contributed by atoms with Crippen molar-refractivity contribution in [1.82, 2.24) is 4.31 Å². The number of halogens is 1. The van der Waals surface area contributed by atoms with Gasteiger partial charge in [0.15, 0.2) is 0 Å². The van der Waals surface area contributed by atoms with Crippen molar-refractivity contribution < 1.29 is 17.9 Å². The van der Waals surface area contributed by atoms with E-state index in [-0.39, 0.29) is 28.6 Å². The molecule has 7 nitrogen and oxygen atoms in total. The summed E-state index contributed by atoms with van der Waals surface area (Å²) in [6.07, 6.45) is 0. The molecule has 1 aliphatic rings. The van der Waals surface area contributed by atoms with Crippen LogP contribution in [0.5, 0.6) is 0 Å². The zero-order valence-electron chi connectivity index (χ0n) is 14.7. The second kappa shape index (κ2) is 8.46. The van der Waals surface area contributed by atoms with Crippen molar-refractivity contribution in [3.8, 4) is 0 Å². The van der Waals surface area contributed by atoms with Crippen molar-refractivity contribution in [2.75, 3.05) is 31.6 Å². The first-order valence-corrected chi connectivity index (χ1v) is 9.31. The molecule has 3 N–H and O–H groups in total. The van der Waals surface area contributed by atoms with Gasteiger partial charge in [-0.25, -0.2) is 8.42 Å². The van der Waals surface area contributed by atoms with Crippen LogP contribution in [0.3, 0.4) is 0 Å². The Kier molecular flexibility index (Phi) is 7.40. The summed E-state index contributed by atoms with van der Waals surface area (Å²) in [5.74, 6) is -0.344.